The van der Waals surface area contributed by atoms with E-state index in [9.17, 15) is 0 Å². The molecule has 0 unspecified atom stereocenters. The van der Waals surface area contributed by atoms with E-state index in [-0.39, 0.29) is 0 Å². The maximum Gasteiger partial charge on any atom is 0.0308 e. The summed E-state index contributed by atoms with van der Waals surface area (Å²) in [6.45, 7) is 0.783. The molecule has 1 N–H and O–H groups in total. The predicted octanol–water partition coefficient (Wildman–Crippen LogP) is 1.02. The lowest BCUT2D eigenvalue weighted by molar-refractivity contribution is 0.979. The van der Waals surface area contributed by atoms with Crippen LogP contribution in [0.1, 0.15) is 5.56 Å². The Morgan fingerprint density at radius 3 is 2.67 bits per heavy atom. The second-order valence-corrected chi connectivity index (χ2v) is 2.01. The first-order chi connectivity index (χ1) is 4.43. The van der Waals surface area contributed by atoms with Crippen molar-refractivity contribution in [1.82, 2.24) is 9.71 Å². The van der Waals surface area contributed by atoms with E-state index in [4.69, 9.17) is 0 Å². The Kier molecular flexibility index (Phi) is 2.54. The van der Waals surface area contributed by atoms with Gasteiger partial charge in [-0.2, -0.15) is 0 Å². The van der Waals surface area contributed by atoms with Gasteiger partial charge in [-0.15, -0.1) is 0 Å². The monoisotopic (exact) mass is 140 g/mol. The molecule has 1 heterocycles. The summed E-state index contributed by atoms with van der Waals surface area (Å²) in [6.07, 6.45) is 3.53. The number of aromatic nitrogens is 1. The van der Waals surface area contributed by atoms with Crippen molar-refractivity contribution in [1.29, 1.82) is 0 Å². The molecule has 0 aromatic carbocycles. The van der Waals surface area contributed by atoms with Gasteiger partial charge in [-0.05, 0) is 17.7 Å². The molecular weight excluding hydrogens is 132 g/mol. The second kappa shape index (κ2) is 3.48. The number of pyridine rings is 1. The van der Waals surface area contributed by atoms with Crippen molar-refractivity contribution in [3.8, 4) is 0 Å². The third-order valence-corrected chi connectivity index (χ3v) is 1.19. The Hall–Kier alpha value is -0.540. The molecule has 48 valence electrons. The van der Waals surface area contributed by atoms with Crippen molar-refractivity contribution in [2.75, 3.05) is 0 Å². The Bertz CT molecular complexity index is 164. The number of rotatable bonds is 2. The van der Waals surface area contributed by atoms with Crippen molar-refractivity contribution in [2.45, 2.75) is 6.54 Å². The summed E-state index contributed by atoms with van der Waals surface area (Å²) < 4.78 is 2.75. The van der Waals surface area contributed by atoms with E-state index < -0.39 is 0 Å². The lowest BCUT2D eigenvalue weighted by Gasteiger charge is -1.94. The first-order valence-electron chi connectivity index (χ1n) is 2.69. The highest BCUT2D eigenvalue weighted by Crippen LogP contribution is 1.94. The second-order valence-electron chi connectivity index (χ2n) is 1.69. The van der Waals surface area contributed by atoms with Gasteiger partial charge < -0.3 is 0 Å². The van der Waals surface area contributed by atoms with E-state index in [0.29, 0.717) is 0 Å². The minimum absolute atomic E-state index is 0.783. The third kappa shape index (κ3) is 2.03. The molecule has 0 aliphatic carbocycles. The zero-order chi connectivity index (χ0) is 6.53. The number of hydrogen-bond acceptors (Lipinski definition) is 3. The third-order valence-electron chi connectivity index (χ3n) is 1.03. The lowest BCUT2D eigenvalue weighted by Crippen LogP contribution is -1.97. The minimum Gasteiger partial charge on any atom is -0.265 e. The van der Waals surface area contributed by atoms with E-state index in [1.807, 2.05) is 12.1 Å². The molecule has 3 heteroatoms. The van der Waals surface area contributed by atoms with E-state index in [1.165, 1.54) is 5.56 Å². The van der Waals surface area contributed by atoms with E-state index >= 15 is 0 Å². The zero-order valence-electron chi connectivity index (χ0n) is 4.91. The zero-order valence-corrected chi connectivity index (χ0v) is 5.81. The van der Waals surface area contributed by atoms with Crippen molar-refractivity contribution in [3.05, 3.63) is 30.1 Å². The van der Waals surface area contributed by atoms with Gasteiger partial charge in [-0.1, -0.05) is 12.8 Å². The molecule has 0 fully saturated rings. The van der Waals surface area contributed by atoms with Gasteiger partial charge in [0.15, 0.2) is 0 Å². The van der Waals surface area contributed by atoms with Gasteiger partial charge in [-0.3, -0.25) is 9.71 Å². The number of nitrogens with zero attached hydrogens (tertiary/aromatic N) is 1. The Morgan fingerprint density at radius 2 is 2.11 bits per heavy atom. The van der Waals surface area contributed by atoms with E-state index in [0.717, 1.165) is 6.54 Å². The van der Waals surface area contributed by atoms with E-state index in [2.05, 4.69) is 22.5 Å². The first kappa shape index (κ1) is 6.58. The van der Waals surface area contributed by atoms with Crippen LogP contribution in [-0.4, -0.2) is 4.98 Å². The van der Waals surface area contributed by atoms with Gasteiger partial charge in [0.05, 0.1) is 0 Å². The SMILES string of the molecule is SNCc1ccncc1. The van der Waals surface area contributed by atoms with Crippen LogP contribution in [-0.2, 0) is 6.54 Å². The average molecular weight is 140 g/mol. The van der Waals surface area contributed by atoms with Crippen LogP contribution in [0.2, 0.25) is 0 Å². The molecular formula is C6H8N2S. The summed E-state index contributed by atoms with van der Waals surface area (Å²) in [6, 6.07) is 3.90. The largest absolute Gasteiger partial charge is 0.265 e. The quantitative estimate of drug-likeness (QED) is 0.599. The summed E-state index contributed by atoms with van der Waals surface area (Å²) in [5, 5.41) is 0. The summed E-state index contributed by atoms with van der Waals surface area (Å²) in [5.41, 5.74) is 1.19. The molecule has 1 aromatic rings. The van der Waals surface area contributed by atoms with Crippen molar-refractivity contribution >= 4 is 12.8 Å². The molecule has 0 spiro atoms. The highest BCUT2D eigenvalue weighted by atomic mass is 32.1. The lowest BCUT2D eigenvalue weighted by atomic mass is 10.3. The Morgan fingerprint density at radius 1 is 1.44 bits per heavy atom. The van der Waals surface area contributed by atoms with Crippen LogP contribution in [0.15, 0.2) is 24.5 Å². The molecule has 1 rings (SSSR count). The molecule has 0 radical (unpaired) electrons. The van der Waals surface area contributed by atoms with Crippen molar-refractivity contribution < 1.29 is 0 Å². The van der Waals surface area contributed by atoms with Crippen LogP contribution in [0.5, 0.6) is 0 Å². The highest BCUT2D eigenvalue weighted by Gasteiger charge is 1.84. The topological polar surface area (TPSA) is 24.9 Å². The van der Waals surface area contributed by atoms with Crippen molar-refractivity contribution in [3.63, 3.8) is 0 Å². The van der Waals surface area contributed by atoms with Gasteiger partial charge in [0, 0.05) is 18.9 Å². The van der Waals surface area contributed by atoms with Crippen LogP contribution >= 0.6 is 12.8 Å². The maximum absolute atomic E-state index is 3.87. The van der Waals surface area contributed by atoms with Crippen molar-refractivity contribution in [2.24, 2.45) is 0 Å². The number of hydrogen-bond donors (Lipinski definition) is 2. The molecule has 0 amide bonds. The Labute approximate surface area is 59.9 Å². The summed E-state index contributed by atoms with van der Waals surface area (Å²) in [5.74, 6) is 0. The molecule has 0 saturated carbocycles. The molecule has 9 heavy (non-hydrogen) atoms. The smallest absolute Gasteiger partial charge is 0.0308 e. The molecule has 2 nitrogen and oxygen atoms in total. The van der Waals surface area contributed by atoms with Crippen LogP contribution in [0.3, 0.4) is 0 Å². The fourth-order valence-electron chi connectivity index (χ4n) is 0.592. The minimum atomic E-state index is 0.783. The standard InChI is InChI=1S/C6H8N2S/c9-8-5-6-1-3-7-4-2-6/h1-4,8-9H,5H2. The van der Waals surface area contributed by atoms with Crippen LogP contribution < -0.4 is 4.72 Å². The van der Waals surface area contributed by atoms with Gasteiger partial charge in [0.2, 0.25) is 0 Å². The molecule has 0 aliphatic rings. The first-order valence-corrected chi connectivity index (χ1v) is 3.14. The van der Waals surface area contributed by atoms with Gasteiger partial charge in [0.25, 0.3) is 0 Å². The van der Waals surface area contributed by atoms with Gasteiger partial charge in [-0.25, -0.2) is 0 Å². The van der Waals surface area contributed by atoms with Gasteiger partial charge >= 0.3 is 0 Å². The normalized spacial score (nSPS) is 9.44. The average Bonchev–Trinajstić information content (AvgIpc) is 1.91. The molecule has 0 saturated heterocycles. The highest BCUT2D eigenvalue weighted by molar-refractivity contribution is 7.78. The molecule has 0 aliphatic heterocycles. The summed E-state index contributed by atoms with van der Waals surface area (Å²) >= 11 is 3.86. The van der Waals surface area contributed by atoms with Crippen LogP contribution in [0.25, 0.3) is 0 Å². The molecule has 0 bridgehead atoms. The fourth-order valence-corrected chi connectivity index (χ4v) is 0.775. The predicted molar refractivity (Wildman–Crippen MR) is 40.1 cm³/mol. The summed E-state index contributed by atoms with van der Waals surface area (Å²) in [4.78, 5) is 3.87. The fraction of sp³-hybridized carbons (Fsp3) is 0.167. The molecule has 1 aromatic heterocycles. The number of nitrogens with one attached hydrogen (secondary N) is 1. The molecule has 0 atom stereocenters. The Balaban J connectivity index is 2.61. The van der Waals surface area contributed by atoms with E-state index in [1.54, 1.807) is 12.4 Å². The maximum atomic E-state index is 3.87. The number of thiol groups is 1. The van der Waals surface area contributed by atoms with Crippen LogP contribution in [0, 0.1) is 0 Å². The van der Waals surface area contributed by atoms with Gasteiger partial charge in [0.1, 0.15) is 0 Å². The van der Waals surface area contributed by atoms with Crippen LogP contribution in [0.4, 0.5) is 0 Å². The summed E-state index contributed by atoms with van der Waals surface area (Å²) in [7, 11) is 0.